The Kier molecular flexibility index (Phi) is 3.19. The maximum absolute atomic E-state index is 10.7. The van der Waals surface area contributed by atoms with Crippen LogP contribution in [0.25, 0.3) is 0 Å². The minimum Gasteiger partial charge on any atom is -0.391 e. The van der Waals surface area contributed by atoms with Crippen molar-refractivity contribution < 1.29 is 14.7 Å². The largest absolute Gasteiger partial charge is 0.391 e. The molecule has 1 aliphatic rings. The van der Waals surface area contributed by atoms with E-state index in [4.69, 9.17) is 0 Å². The third-order valence-electron chi connectivity index (χ3n) is 1.88. The van der Waals surface area contributed by atoms with Crippen LogP contribution >= 0.6 is 0 Å². The van der Waals surface area contributed by atoms with E-state index >= 15 is 0 Å². The number of guanidine groups is 1. The fourth-order valence-corrected chi connectivity index (χ4v) is 0.835. The minimum atomic E-state index is -0.720. The molecule has 1 rings (SSSR count). The summed E-state index contributed by atoms with van der Waals surface area (Å²) in [5.74, 6) is -1.24. The topological polar surface area (TPSA) is 90.8 Å². The SMILES string of the molecule is CC(C)C(O)CN=C1NC(=O)C(=O)N1. The first kappa shape index (κ1) is 10.6. The Morgan fingerprint density at radius 2 is 1.79 bits per heavy atom. The molecular weight excluding hydrogens is 186 g/mol. The zero-order valence-corrected chi connectivity index (χ0v) is 8.07. The summed E-state index contributed by atoms with van der Waals surface area (Å²) in [5.41, 5.74) is 0. The molecule has 0 aromatic rings. The highest BCUT2D eigenvalue weighted by molar-refractivity contribution is 6.45. The third-order valence-corrected chi connectivity index (χ3v) is 1.88. The smallest absolute Gasteiger partial charge is 0.316 e. The molecular formula is C8H13N3O3. The summed E-state index contributed by atoms with van der Waals surface area (Å²) in [6.45, 7) is 3.88. The van der Waals surface area contributed by atoms with Crippen molar-refractivity contribution in [1.29, 1.82) is 0 Å². The molecule has 0 aromatic carbocycles. The Labute approximate surface area is 81.4 Å². The number of aliphatic hydroxyl groups excluding tert-OH is 1. The van der Waals surface area contributed by atoms with E-state index in [1.165, 1.54) is 0 Å². The number of carbonyl (C=O) groups excluding carboxylic acids is 2. The van der Waals surface area contributed by atoms with E-state index in [0.29, 0.717) is 0 Å². The Bertz CT molecular complexity index is 268. The van der Waals surface area contributed by atoms with E-state index in [0.717, 1.165) is 0 Å². The molecule has 78 valence electrons. The van der Waals surface area contributed by atoms with Crippen molar-refractivity contribution in [3.05, 3.63) is 0 Å². The molecule has 0 spiro atoms. The number of hydrogen-bond donors (Lipinski definition) is 3. The van der Waals surface area contributed by atoms with Gasteiger partial charge in [-0.3, -0.25) is 20.2 Å². The van der Waals surface area contributed by atoms with Crippen LogP contribution < -0.4 is 10.6 Å². The number of nitrogens with one attached hydrogen (secondary N) is 2. The van der Waals surface area contributed by atoms with Crippen molar-refractivity contribution in [1.82, 2.24) is 10.6 Å². The van der Waals surface area contributed by atoms with E-state index < -0.39 is 17.9 Å². The van der Waals surface area contributed by atoms with Crippen molar-refractivity contribution in [3.63, 3.8) is 0 Å². The second-order valence-corrected chi connectivity index (χ2v) is 3.41. The number of carbonyl (C=O) groups is 2. The second-order valence-electron chi connectivity index (χ2n) is 3.41. The summed E-state index contributed by atoms with van der Waals surface area (Å²) >= 11 is 0. The quantitative estimate of drug-likeness (QED) is 0.488. The molecule has 1 aliphatic heterocycles. The molecule has 0 radical (unpaired) electrons. The molecule has 1 fully saturated rings. The molecule has 1 unspecified atom stereocenters. The normalized spacial score (nSPS) is 18.1. The van der Waals surface area contributed by atoms with Gasteiger partial charge in [-0.05, 0) is 5.92 Å². The fourth-order valence-electron chi connectivity index (χ4n) is 0.835. The van der Waals surface area contributed by atoms with Gasteiger partial charge in [0.2, 0.25) is 5.96 Å². The second kappa shape index (κ2) is 4.19. The Morgan fingerprint density at radius 1 is 1.29 bits per heavy atom. The first-order chi connectivity index (χ1) is 6.50. The number of amides is 2. The fraction of sp³-hybridized carbons (Fsp3) is 0.625. The van der Waals surface area contributed by atoms with Gasteiger partial charge in [0.15, 0.2) is 0 Å². The van der Waals surface area contributed by atoms with Crippen molar-refractivity contribution in [2.75, 3.05) is 6.54 Å². The molecule has 0 bridgehead atoms. The average Bonchev–Trinajstić information content (AvgIpc) is 2.42. The first-order valence-corrected chi connectivity index (χ1v) is 4.35. The molecule has 2 amide bonds. The molecule has 3 N–H and O–H groups in total. The minimum absolute atomic E-state index is 0.0900. The Balaban J connectivity index is 2.47. The predicted octanol–water partition coefficient (Wildman–Crippen LogP) is -1.39. The van der Waals surface area contributed by atoms with Crippen molar-refractivity contribution in [3.8, 4) is 0 Å². The van der Waals surface area contributed by atoms with E-state index in [2.05, 4.69) is 15.6 Å². The van der Waals surface area contributed by atoms with Gasteiger partial charge in [-0.2, -0.15) is 0 Å². The summed E-state index contributed by atoms with van der Waals surface area (Å²) in [7, 11) is 0. The highest BCUT2D eigenvalue weighted by Crippen LogP contribution is 2.00. The molecule has 6 nitrogen and oxygen atoms in total. The number of hydrogen-bond acceptors (Lipinski definition) is 4. The lowest BCUT2D eigenvalue weighted by Crippen LogP contribution is -2.28. The van der Waals surface area contributed by atoms with Gasteiger partial charge in [-0.25, -0.2) is 4.99 Å². The van der Waals surface area contributed by atoms with Crippen molar-refractivity contribution in [2.45, 2.75) is 20.0 Å². The highest BCUT2D eigenvalue weighted by Gasteiger charge is 2.25. The number of rotatable bonds is 3. The van der Waals surface area contributed by atoms with Gasteiger partial charge in [-0.1, -0.05) is 13.8 Å². The molecule has 6 heteroatoms. The Morgan fingerprint density at radius 3 is 2.21 bits per heavy atom. The molecule has 14 heavy (non-hydrogen) atoms. The Hall–Kier alpha value is -1.43. The zero-order valence-electron chi connectivity index (χ0n) is 8.07. The van der Waals surface area contributed by atoms with Gasteiger partial charge in [0.05, 0.1) is 12.6 Å². The van der Waals surface area contributed by atoms with Crippen LogP contribution in [0.4, 0.5) is 0 Å². The molecule has 1 saturated heterocycles. The van der Waals surface area contributed by atoms with Gasteiger partial charge in [0.1, 0.15) is 0 Å². The number of aliphatic imine (C=N–C) groups is 1. The standard InChI is InChI=1S/C8H13N3O3/c1-4(2)5(12)3-9-8-10-6(13)7(14)11-8/h4-5,12H,3H2,1-2H3,(H2,9,10,11,13,14). The average molecular weight is 199 g/mol. The van der Waals surface area contributed by atoms with Crippen LogP contribution in [0.1, 0.15) is 13.8 Å². The van der Waals surface area contributed by atoms with Crippen LogP contribution in [0.2, 0.25) is 0 Å². The summed E-state index contributed by atoms with van der Waals surface area (Å²) in [4.78, 5) is 25.2. The molecule has 0 aromatic heterocycles. The molecule has 1 atom stereocenters. The lowest BCUT2D eigenvalue weighted by molar-refractivity contribution is -0.135. The van der Waals surface area contributed by atoms with E-state index in [1.807, 2.05) is 13.8 Å². The highest BCUT2D eigenvalue weighted by atomic mass is 16.3. The van der Waals surface area contributed by atoms with Crippen LogP contribution in [0.15, 0.2) is 4.99 Å². The summed E-state index contributed by atoms with van der Waals surface area (Å²) in [6.07, 6.45) is -0.572. The monoisotopic (exact) mass is 199 g/mol. The van der Waals surface area contributed by atoms with E-state index in [9.17, 15) is 14.7 Å². The van der Waals surface area contributed by atoms with E-state index in [-0.39, 0.29) is 18.4 Å². The maximum Gasteiger partial charge on any atom is 0.316 e. The van der Waals surface area contributed by atoms with E-state index in [1.54, 1.807) is 0 Å². The van der Waals surface area contributed by atoms with Gasteiger partial charge in [0.25, 0.3) is 0 Å². The van der Waals surface area contributed by atoms with Gasteiger partial charge in [0, 0.05) is 0 Å². The van der Waals surface area contributed by atoms with Crippen molar-refractivity contribution >= 4 is 17.8 Å². The van der Waals surface area contributed by atoms with Gasteiger partial charge >= 0.3 is 11.8 Å². The lowest BCUT2D eigenvalue weighted by atomic mass is 10.1. The first-order valence-electron chi connectivity index (χ1n) is 4.35. The van der Waals surface area contributed by atoms with Crippen LogP contribution in [-0.2, 0) is 9.59 Å². The molecule has 0 saturated carbocycles. The van der Waals surface area contributed by atoms with Gasteiger partial charge < -0.3 is 5.11 Å². The predicted molar refractivity (Wildman–Crippen MR) is 49.4 cm³/mol. The molecule has 1 heterocycles. The molecule has 0 aliphatic carbocycles. The summed E-state index contributed by atoms with van der Waals surface area (Å²) < 4.78 is 0. The van der Waals surface area contributed by atoms with Crippen LogP contribution in [0.5, 0.6) is 0 Å². The van der Waals surface area contributed by atoms with Gasteiger partial charge in [-0.15, -0.1) is 0 Å². The van der Waals surface area contributed by atoms with Crippen LogP contribution in [-0.4, -0.2) is 35.5 Å². The summed E-state index contributed by atoms with van der Waals surface area (Å²) in [6, 6.07) is 0. The third kappa shape index (κ3) is 2.53. The zero-order chi connectivity index (χ0) is 10.7. The van der Waals surface area contributed by atoms with Crippen LogP contribution in [0, 0.1) is 5.92 Å². The number of nitrogens with zero attached hydrogens (tertiary/aromatic N) is 1. The summed E-state index contributed by atoms with van der Waals surface area (Å²) in [5, 5.41) is 13.9. The number of aliphatic hydroxyl groups is 1. The lowest BCUT2D eigenvalue weighted by Gasteiger charge is -2.11. The maximum atomic E-state index is 10.7. The van der Waals surface area contributed by atoms with Crippen molar-refractivity contribution in [2.24, 2.45) is 10.9 Å². The van der Waals surface area contributed by atoms with Crippen LogP contribution in [0.3, 0.4) is 0 Å².